The highest BCUT2D eigenvalue weighted by Crippen LogP contribution is 2.32. The van der Waals surface area contributed by atoms with Crippen LogP contribution in [0.4, 0.5) is 0 Å². The zero-order valence-electron chi connectivity index (χ0n) is 10.5. The number of carbonyl (C=O) groups is 1. The third kappa shape index (κ3) is 2.75. The van der Waals surface area contributed by atoms with Crippen molar-refractivity contribution in [2.75, 3.05) is 6.54 Å². The molecule has 2 rings (SSSR count). The third-order valence-corrected chi connectivity index (χ3v) is 4.00. The fourth-order valence-electron chi connectivity index (χ4n) is 2.87. The molecule has 1 aromatic rings. The van der Waals surface area contributed by atoms with Gasteiger partial charge in [-0.15, -0.1) is 0 Å². The van der Waals surface area contributed by atoms with Crippen molar-refractivity contribution in [3.05, 3.63) is 35.4 Å². The predicted octanol–water partition coefficient (Wildman–Crippen LogP) is 2.48. The smallest absolute Gasteiger partial charge is 0.140 e. The Hall–Kier alpha value is -1.15. The number of hydrogen-bond donors (Lipinski definition) is 1. The van der Waals surface area contributed by atoms with Crippen LogP contribution >= 0.6 is 0 Å². The molecule has 0 radical (unpaired) electrons. The zero-order valence-corrected chi connectivity index (χ0v) is 10.5. The highest BCUT2D eigenvalue weighted by Gasteiger charge is 2.31. The summed E-state index contributed by atoms with van der Waals surface area (Å²) in [6.07, 6.45) is 3.90. The first-order valence-electron chi connectivity index (χ1n) is 6.49. The van der Waals surface area contributed by atoms with Gasteiger partial charge in [0.05, 0.1) is 0 Å². The topological polar surface area (TPSA) is 43.1 Å². The first kappa shape index (κ1) is 12.3. The molecule has 2 heteroatoms. The zero-order chi connectivity index (χ0) is 12.3. The molecule has 0 saturated heterocycles. The van der Waals surface area contributed by atoms with Crippen LogP contribution in [0.5, 0.6) is 0 Å². The normalized spacial score (nSPS) is 23.9. The average molecular weight is 231 g/mol. The number of Topliss-reactive ketones (excluding diaryl/α,β-unsaturated/α-hetero) is 1. The highest BCUT2D eigenvalue weighted by atomic mass is 16.1. The van der Waals surface area contributed by atoms with Gasteiger partial charge in [0.1, 0.15) is 5.78 Å². The summed E-state index contributed by atoms with van der Waals surface area (Å²) < 4.78 is 0. The monoisotopic (exact) mass is 231 g/mol. The number of ketones is 1. The lowest BCUT2D eigenvalue weighted by atomic mass is 9.88. The Balaban J connectivity index is 2.04. The summed E-state index contributed by atoms with van der Waals surface area (Å²) in [5.41, 5.74) is 8.11. The highest BCUT2D eigenvalue weighted by molar-refractivity contribution is 5.84. The average Bonchev–Trinajstić information content (AvgIpc) is 2.80. The van der Waals surface area contributed by atoms with Gasteiger partial charge in [0.25, 0.3) is 0 Å². The van der Waals surface area contributed by atoms with E-state index in [-0.39, 0.29) is 5.92 Å². The van der Waals surface area contributed by atoms with Crippen LogP contribution in [0.3, 0.4) is 0 Å². The Morgan fingerprint density at radius 3 is 2.82 bits per heavy atom. The van der Waals surface area contributed by atoms with E-state index < -0.39 is 0 Å². The molecule has 0 spiro atoms. The van der Waals surface area contributed by atoms with Crippen molar-refractivity contribution in [1.29, 1.82) is 0 Å². The van der Waals surface area contributed by atoms with Gasteiger partial charge in [-0.3, -0.25) is 4.79 Å². The van der Waals surface area contributed by atoms with Gasteiger partial charge in [0.2, 0.25) is 0 Å². The van der Waals surface area contributed by atoms with Crippen LogP contribution in [0.25, 0.3) is 0 Å². The molecule has 2 unspecified atom stereocenters. The van der Waals surface area contributed by atoms with E-state index in [9.17, 15) is 4.79 Å². The largest absolute Gasteiger partial charge is 0.330 e. The summed E-state index contributed by atoms with van der Waals surface area (Å²) in [5, 5.41) is 0. The quantitative estimate of drug-likeness (QED) is 0.865. The number of carbonyl (C=O) groups excluding carboxylic acids is 1. The first-order valence-corrected chi connectivity index (χ1v) is 6.49. The molecule has 0 aliphatic heterocycles. The molecule has 1 fully saturated rings. The molecule has 1 aromatic carbocycles. The second-order valence-electron chi connectivity index (χ2n) is 5.10. The van der Waals surface area contributed by atoms with Crippen LogP contribution in [0.15, 0.2) is 24.3 Å². The van der Waals surface area contributed by atoms with Gasteiger partial charge in [0, 0.05) is 12.3 Å². The lowest BCUT2D eigenvalue weighted by Crippen LogP contribution is -2.26. The van der Waals surface area contributed by atoms with E-state index in [1.54, 1.807) is 0 Å². The number of benzene rings is 1. The Labute approximate surface area is 103 Å². The van der Waals surface area contributed by atoms with Crippen molar-refractivity contribution in [2.24, 2.45) is 17.6 Å². The molecule has 0 aromatic heterocycles. The fraction of sp³-hybridized carbons (Fsp3) is 0.533. The van der Waals surface area contributed by atoms with Crippen molar-refractivity contribution in [3.63, 3.8) is 0 Å². The van der Waals surface area contributed by atoms with E-state index >= 15 is 0 Å². The van der Waals surface area contributed by atoms with Crippen LogP contribution in [0, 0.1) is 18.8 Å². The minimum atomic E-state index is 0.208. The van der Waals surface area contributed by atoms with Gasteiger partial charge in [0.15, 0.2) is 0 Å². The predicted molar refractivity (Wildman–Crippen MR) is 69.8 cm³/mol. The molecule has 0 amide bonds. The minimum Gasteiger partial charge on any atom is -0.330 e. The van der Waals surface area contributed by atoms with E-state index in [2.05, 4.69) is 19.1 Å². The molecule has 2 nitrogen and oxygen atoms in total. The Morgan fingerprint density at radius 1 is 1.35 bits per heavy atom. The van der Waals surface area contributed by atoms with Crippen LogP contribution in [0.1, 0.15) is 30.4 Å². The molecule has 92 valence electrons. The summed E-state index contributed by atoms with van der Waals surface area (Å²) in [6, 6.07) is 8.14. The van der Waals surface area contributed by atoms with Crippen LogP contribution in [-0.4, -0.2) is 12.3 Å². The maximum atomic E-state index is 12.3. The number of hydrogen-bond acceptors (Lipinski definition) is 2. The maximum Gasteiger partial charge on any atom is 0.140 e. The van der Waals surface area contributed by atoms with Crippen molar-refractivity contribution < 1.29 is 4.79 Å². The van der Waals surface area contributed by atoms with Gasteiger partial charge in [-0.05, 0) is 43.4 Å². The van der Waals surface area contributed by atoms with Crippen LogP contribution < -0.4 is 5.73 Å². The van der Waals surface area contributed by atoms with E-state index in [1.807, 2.05) is 12.1 Å². The standard InChI is InChI=1S/C15H21NO/c1-11-5-2-3-6-12(11)9-15(17)14-8-4-7-13(14)10-16/h2-3,5-6,13-14H,4,7-10,16H2,1H3. The second kappa shape index (κ2) is 5.46. The molecule has 2 atom stereocenters. The Morgan fingerprint density at radius 2 is 2.12 bits per heavy atom. The molecule has 17 heavy (non-hydrogen) atoms. The van der Waals surface area contributed by atoms with E-state index in [4.69, 9.17) is 5.73 Å². The molecule has 1 aliphatic carbocycles. The van der Waals surface area contributed by atoms with Crippen molar-refractivity contribution in [2.45, 2.75) is 32.6 Å². The number of rotatable bonds is 4. The Bertz CT molecular complexity index is 400. The van der Waals surface area contributed by atoms with Crippen molar-refractivity contribution >= 4 is 5.78 Å². The molecular formula is C15H21NO. The number of nitrogens with two attached hydrogens (primary N) is 1. The van der Waals surface area contributed by atoms with Crippen molar-refractivity contribution in [1.82, 2.24) is 0 Å². The minimum absolute atomic E-state index is 0.208. The third-order valence-electron chi connectivity index (χ3n) is 4.00. The van der Waals surface area contributed by atoms with Gasteiger partial charge in [-0.25, -0.2) is 0 Å². The summed E-state index contributed by atoms with van der Waals surface area (Å²) in [4.78, 5) is 12.3. The van der Waals surface area contributed by atoms with E-state index in [0.29, 0.717) is 24.7 Å². The van der Waals surface area contributed by atoms with Gasteiger partial charge in [-0.1, -0.05) is 30.7 Å². The summed E-state index contributed by atoms with van der Waals surface area (Å²) in [6.45, 7) is 2.72. The van der Waals surface area contributed by atoms with Crippen molar-refractivity contribution in [3.8, 4) is 0 Å². The number of aryl methyl sites for hydroxylation is 1. The summed E-state index contributed by atoms with van der Waals surface area (Å²) in [7, 11) is 0. The molecule has 1 aliphatic rings. The fourth-order valence-corrected chi connectivity index (χ4v) is 2.87. The molecule has 0 heterocycles. The second-order valence-corrected chi connectivity index (χ2v) is 5.10. The summed E-state index contributed by atoms with van der Waals surface area (Å²) in [5.74, 6) is 1.01. The SMILES string of the molecule is Cc1ccccc1CC(=O)C1CCCC1CN. The van der Waals surface area contributed by atoms with Crippen LogP contribution in [-0.2, 0) is 11.2 Å². The van der Waals surface area contributed by atoms with Gasteiger partial charge < -0.3 is 5.73 Å². The first-order chi connectivity index (χ1) is 8.22. The molecule has 2 N–H and O–H groups in total. The molecular weight excluding hydrogens is 210 g/mol. The maximum absolute atomic E-state index is 12.3. The van der Waals surface area contributed by atoms with Gasteiger partial charge in [-0.2, -0.15) is 0 Å². The lowest BCUT2D eigenvalue weighted by molar-refractivity contribution is -0.123. The van der Waals surface area contributed by atoms with Gasteiger partial charge >= 0.3 is 0 Å². The van der Waals surface area contributed by atoms with E-state index in [0.717, 1.165) is 19.3 Å². The Kier molecular flexibility index (Phi) is 3.95. The van der Waals surface area contributed by atoms with Crippen LogP contribution in [0.2, 0.25) is 0 Å². The van der Waals surface area contributed by atoms with E-state index in [1.165, 1.54) is 11.1 Å². The summed E-state index contributed by atoms with van der Waals surface area (Å²) >= 11 is 0. The molecule has 1 saturated carbocycles. The lowest BCUT2D eigenvalue weighted by Gasteiger charge is -2.17. The molecule has 0 bridgehead atoms.